The van der Waals surface area contributed by atoms with Gasteiger partial charge in [-0.3, -0.25) is 19.5 Å². The fourth-order valence-electron chi connectivity index (χ4n) is 10.1. The summed E-state index contributed by atoms with van der Waals surface area (Å²) in [6.45, 7) is 16.4. The van der Waals surface area contributed by atoms with Gasteiger partial charge in [-0.1, -0.05) is 81.9 Å². The normalized spacial score (nSPS) is 36.1. The van der Waals surface area contributed by atoms with Gasteiger partial charge in [-0.2, -0.15) is 0 Å². The number of aliphatic hydroxyl groups is 1. The van der Waals surface area contributed by atoms with Crippen molar-refractivity contribution in [3.05, 3.63) is 57.8 Å². The van der Waals surface area contributed by atoms with Crippen molar-refractivity contribution in [2.24, 2.45) is 39.2 Å². The van der Waals surface area contributed by atoms with Crippen LogP contribution in [-0.4, -0.2) is 120 Å². The summed E-state index contributed by atoms with van der Waals surface area (Å²) in [5, 5.41) is 15.9. The van der Waals surface area contributed by atoms with E-state index in [0.29, 0.717) is 45.4 Å². The third-order valence-electron chi connectivity index (χ3n) is 13.2. The maximum Gasteiger partial charge on any atom is 0.410 e. The van der Waals surface area contributed by atoms with Crippen molar-refractivity contribution in [1.29, 1.82) is 0 Å². The fourth-order valence-corrected chi connectivity index (χ4v) is 10.8. The quantitative estimate of drug-likeness (QED) is 0.0947. The van der Waals surface area contributed by atoms with E-state index >= 15 is 0 Å². The molecule has 3 fully saturated rings. The van der Waals surface area contributed by atoms with Crippen LogP contribution in [0, 0.1) is 40.9 Å². The molecular weight excluding hydrogens is 797 g/mol. The van der Waals surface area contributed by atoms with Crippen LogP contribution in [0.4, 0.5) is 4.79 Å². The van der Waals surface area contributed by atoms with E-state index in [1.165, 1.54) is 11.3 Å². The highest BCUT2D eigenvalue weighted by molar-refractivity contribution is 7.14. The smallest absolute Gasteiger partial charge is 0.410 e. The first-order valence-electron chi connectivity index (χ1n) is 21.7. The number of amides is 1. The second kappa shape index (κ2) is 19.5. The average molecular weight is 861 g/mol. The van der Waals surface area contributed by atoms with Gasteiger partial charge in [0.25, 0.3) is 0 Å². The van der Waals surface area contributed by atoms with Crippen molar-refractivity contribution in [2.45, 2.75) is 136 Å². The summed E-state index contributed by atoms with van der Waals surface area (Å²) in [4.78, 5) is 58.3. The molecule has 0 saturated carbocycles. The van der Waals surface area contributed by atoms with E-state index < -0.39 is 65.6 Å². The lowest BCUT2D eigenvalue weighted by Crippen LogP contribution is -2.58. The molecule has 2 bridgehead atoms. The summed E-state index contributed by atoms with van der Waals surface area (Å²) in [6.07, 6.45) is -1.02. The largest absolute Gasteiger partial charge is 0.458 e. The predicted octanol–water partition coefficient (Wildman–Crippen LogP) is 6.73. The van der Waals surface area contributed by atoms with E-state index in [0.717, 1.165) is 21.0 Å². The van der Waals surface area contributed by atoms with Crippen LogP contribution in [-0.2, 0) is 40.0 Å². The third kappa shape index (κ3) is 10.1. The summed E-state index contributed by atoms with van der Waals surface area (Å²) >= 11 is 1.48. The number of benzene rings is 1. The molecule has 14 heteroatoms. The number of aliphatic hydroxyl groups excluding tert-OH is 1. The summed E-state index contributed by atoms with van der Waals surface area (Å²) in [6, 6.07) is 13.0. The Bertz CT molecular complexity index is 1990. The van der Waals surface area contributed by atoms with Gasteiger partial charge < -0.3 is 33.8 Å². The zero-order valence-electron chi connectivity index (χ0n) is 37.3. The number of nitrogens with zero attached hydrogens (tertiary/aromatic N) is 4. The number of ether oxygens (including phenoxy) is 4. The molecule has 3 saturated heterocycles. The molecule has 0 radical (unpaired) electrons. The van der Waals surface area contributed by atoms with Crippen molar-refractivity contribution >= 4 is 41.1 Å². The highest BCUT2D eigenvalue weighted by Crippen LogP contribution is 2.46. The maximum atomic E-state index is 14.7. The molecule has 6 rings (SSSR count). The van der Waals surface area contributed by atoms with Gasteiger partial charge in [-0.05, 0) is 77.7 Å². The van der Waals surface area contributed by atoms with E-state index in [-0.39, 0.29) is 29.8 Å². The molecule has 1 amide bonds. The molecule has 13 nitrogen and oxygen atoms in total. The number of carbonyl (C=O) groups is 3. The van der Waals surface area contributed by atoms with E-state index in [9.17, 15) is 19.5 Å². The van der Waals surface area contributed by atoms with E-state index in [1.807, 2.05) is 82.2 Å². The summed E-state index contributed by atoms with van der Waals surface area (Å²) in [7, 11) is 3.83. The minimum Gasteiger partial charge on any atom is -0.458 e. The zero-order chi connectivity index (χ0) is 44.2. The van der Waals surface area contributed by atoms with Crippen LogP contribution in [0.2, 0.25) is 0 Å². The summed E-state index contributed by atoms with van der Waals surface area (Å²) < 4.78 is 25.6. The molecule has 61 heavy (non-hydrogen) atoms. The molecule has 1 unspecified atom stereocenters. The average Bonchev–Trinajstić information content (AvgIpc) is 3.72. The Morgan fingerprint density at radius 3 is 2.51 bits per heavy atom. The number of ketones is 1. The highest BCUT2D eigenvalue weighted by atomic mass is 32.1. The Hall–Kier alpha value is -4.13. The molecular formula is C47H64N4O9S. The van der Waals surface area contributed by atoms with Crippen LogP contribution in [0.15, 0.2) is 52.6 Å². The van der Waals surface area contributed by atoms with Gasteiger partial charge in [0.15, 0.2) is 17.7 Å². The van der Waals surface area contributed by atoms with Gasteiger partial charge in [0, 0.05) is 46.8 Å². The standard InChI is InChI=1S/C47H64N4O9S/c1-11-37-47(8)41-30(4)38(48-22-23-51(41)45(55)60-47)28(2)25-46(7,21-15-18-34-19-20-35(61-34)26-49-56-27-33-16-13-12-14-17-33)42(31(5)39(52)32(6)43(54)58-37)59-44-40(53)36(50(9)10)24-29(3)57-44/h12-14,16-17,19-20,26,28-32,36-37,40-42,44,53H,11,21-25,27H2,1-10H3/b49-26-/t28-,29-,30+,31+,32-,36+,37-,40-,41-,42-,44?,46+,47-/m1/s1. The number of esters is 1. The van der Waals surface area contributed by atoms with Crippen LogP contribution >= 0.6 is 11.3 Å². The molecule has 4 aliphatic heterocycles. The first-order valence-corrected chi connectivity index (χ1v) is 22.5. The lowest BCUT2D eigenvalue weighted by molar-refractivity contribution is -0.286. The molecule has 4 aliphatic rings. The molecule has 5 heterocycles. The lowest BCUT2D eigenvalue weighted by atomic mass is 9.66. The molecule has 0 aliphatic carbocycles. The Kier molecular flexibility index (Phi) is 14.8. The van der Waals surface area contributed by atoms with Gasteiger partial charge in [0.2, 0.25) is 0 Å². The van der Waals surface area contributed by atoms with Gasteiger partial charge >= 0.3 is 12.1 Å². The predicted molar refractivity (Wildman–Crippen MR) is 234 cm³/mol. The number of rotatable bonds is 9. The van der Waals surface area contributed by atoms with Gasteiger partial charge in [-0.15, -0.1) is 11.3 Å². The third-order valence-corrected chi connectivity index (χ3v) is 14.1. The van der Waals surface area contributed by atoms with Crippen LogP contribution in [0.25, 0.3) is 0 Å². The Morgan fingerprint density at radius 2 is 1.80 bits per heavy atom. The van der Waals surface area contributed by atoms with Gasteiger partial charge in [0.05, 0.1) is 35.9 Å². The van der Waals surface area contributed by atoms with Crippen LogP contribution in [0.5, 0.6) is 0 Å². The molecule has 1 aromatic heterocycles. The highest BCUT2D eigenvalue weighted by Gasteiger charge is 2.60. The van der Waals surface area contributed by atoms with Crippen molar-refractivity contribution in [2.75, 3.05) is 27.2 Å². The number of hydrogen-bond donors (Lipinski definition) is 1. The summed E-state index contributed by atoms with van der Waals surface area (Å²) in [5.41, 5.74) is -0.106. The second-order valence-corrected chi connectivity index (χ2v) is 19.2. The van der Waals surface area contributed by atoms with Crippen molar-refractivity contribution < 1.29 is 43.3 Å². The molecule has 1 aromatic carbocycles. The maximum absolute atomic E-state index is 14.7. The van der Waals surface area contributed by atoms with Crippen LogP contribution < -0.4 is 0 Å². The minimum atomic E-state index is -1.18. The topological polar surface area (TPSA) is 149 Å². The van der Waals surface area contributed by atoms with Gasteiger partial charge in [0.1, 0.15) is 24.7 Å². The molecule has 2 aromatic rings. The number of likely N-dealkylation sites (N-methyl/N-ethyl adjacent to an activating group) is 1. The van der Waals surface area contributed by atoms with Crippen LogP contribution in [0.1, 0.15) is 96.4 Å². The number of oxime groups is 1. The monoisotopic (exact) mass is 860 g/mol. The molecule has 332 valence electrons. The fraction of sp³-hybridized carbons (Fsp3) is 0.638. The number of fused-ring (bicyclic) bond motifs is 1. The first kappa shape index (κ1) is 46.4. The second-order valence-electron chi connectivity index (χ2n) is 18.1. The van der Waals surface area contributed by atoms with Gasteiger partial charge in [-0.25, -0.2) is 4.79 Å². The molecule has 1 N–H and O–H groups in total. The number of aliphatic imine (C=N–C) groups is 1. The van der Waals surface area contributed by atoms with E-state index in [2.05, 4.69) is 37.8 Å². The number of carbonyl (C=O) groups excluding carboxylic acids is 3. The number of thiophene rings is 1. The van der Waals surface area contributed by atoms with Crippen molar-refractivity contribution in [3.8, 4) is 11.8 Å². The lowest BCUT2D eigenvalue weighted by Gasteiger charge is -2.47. The van der Waals surface area contributed by atoms with E-state index in [1.54, 1.807) is 25.0 Å². The Balaban J connectivity index is 1.38. The number of hydrogen-bond acceptors (Lipinski definition) is 13. The number of Topliss-reactive ketones (excluding diaryl/α,β-unsaturated/α-hetero) is 1. The summed E-state index contributed by atoms with van der Waals surface area (Å²) in [5.74, 6) is 3.29. The van der Waals surface area contributed by atoms with E-state index in [4.69, 9.17) is 28.8 Å². The Morgan fingerprint density at radius 1 is 1.07 bits per heavy atom. The molecule has 13 atom stereocenters. The zero-order valence-corrected chi connectivity index (χ0v) is 38.1. The minimum absolute atomic E-state index is 0.163. The van der Waals surface area contributed by atoms with Crippen LogP contribution in [0.3, 0.4) is 0 Å². The van der Waals surface area contributed by atoms with Crippen molar-refractivity contribution in [3.63, 3.8) is 0 Å². The SMILES string of the molecule is CC[C@H]1OC(=O)[C@H](C)C(=O)[C@H](C)[C@@H](OC2O[C@H](C)C[C@H](N(C)C)[C@H]2O)[C@@](C)(CC#Cc2ccc(/C=N\OCc3ccccc3)s2)C[C@@H](C)C2=NCCN3C(=O)O[C@@]1(C)[C@H]3[C@H]2C. The van der Waals surface area contributed by atoms with Crippen molar-refractivity contribution in [1.82, 2.24) is 9.80 Å². The first-order chi connectivity index (χ1) is 29.0. The molecule has 0 spiro atoms. The Labute approximate surface area is 365 Å². The number of cyclic esters (lactones) is 1.